The number of pyridine rings is 2. The molecule has 0 aliphatic carbocycles. The minimum Gasteiger partial charge on any atom is -0.409 e. The Bertz CT molecular complexity index is 1140. The van der Waals surface area contributed by atoms with E-state index in [4.69, 9.17) is 26.5 Å². The summed E-state index contributed by atoms with van der Waals surface area (Å²) in [5, 5.41) is 7.06. The fourth-order valence-corrected chi connectivity index (χ4v) is 2.93. The Morgan fingerprint density at radius 1 is 1.15 bits per heavy atom. The van der Waals surface area contributed by atoms with Crippen LogP contribution in [0.2, 0.25) is 0 Å². The van der Waals surface area contributed by atoms with Gasteiger partial charge in [0.1, 0.15) is 6.67 Å². The summed E-state index contributed by atoms with van der Waals surface area (Å²) in [4.78, 5) is 14.5. The standard InChI is InChI=1S/C19H17N5O2S/c1-23(25-2)12-24-19(27)26-18(22-24)14-11-17(16-9-5-6-10-20-16)21-15-8-4-3-7-13(14)15/h3-11H,12H2,1-2H3. The summed E-state index contributed by atoms with van der Waals surface area (Å²) in [5.74, 6) is 0.431. The summed E-state index contributed by atoms with van der Waals surface area (Å²) in [6, 6.07) is 15.5. The lowest BCUT2D eigenvalue weighted by molar-refractivity contribution is -0.134. The molecule has 0 aliphatic heterocycles. The van der Waals surface area contributed by atoms with E-state index < -0.39 is 0 Å². The molecule has 0 aliphatic rings. The molecule has 0 unspecified atom stereocenters. The first-order valence-electron chi connectivity index (χ1n) is 8.30. The van der Waals surface area contributed by atoms with E-state index in [1.807, 2.05) is 48.5 Å². The van der Waals surface area contributed by atoms with Gasteiger partial charge in [0.05, 0.1) is 29.6 Å². The maximum absolute atomic E-state index is 5.78. The molecule has 0 fully saturated rings. The average Bonchev–Trinajstić information content (AvgIpc) is 3.07. The number of rotatable bonds is 5. The van der Waals surface area contributed by atoms with Crippen LogP contribution in [0.15, 0.2) is 59.1 Å². The summed E-state index contributed by atoms with van der Waals surface area (Å²) in [5.41, 5.74) is 3.17. The van der Waals surface area contributed by atoms with E-state index in [0.717, 1.165) is 27.9 Å². The van der Waals surface area contributed by atoms with Crippen molar-refractivity contribution in [3.63, 3.8) is 0 Å². The first kappa shape index (κ1) is 17.5. The summed E-state index contributed by atoms with van der Waals surface area (Å²) >= 11 is 5.31. The molecular weight excluding hydrogens is 362 g/mol. The second-order valence-corrected chi connectivity index (χ2v) is 6.26. The summed E-state index contributed by atoms with van der Waals surface area (Å²) in [6.45, 7) is 0.356. The van der Waals surface area contributed by atoms with Crippen LogP contribution in [0.25, 0.3) is 33.7 Å². The Labute approximate surface area is 160 Å². The van der Waals surface area contributed by atoms with Crippen molar-refractivity contribution >= 4 is 23.1 Å². The fourth-order valence-electron chi connectivity index (χ4n) is 2.75. The van der Waals surface area contributed by atoms with E-state index in [2.05, 4.69) is 10.1 Å². The second-order valence-electron chi connectivity index (χ2n) is 5.91. The topological polar surface area (TPSA) is 69.2 Å². The highest BCUT2D eigenvalue weighted by Gasteiger charge is 2.16. The number of hydrogen-bond donors (Lipinski definition) is 0. The summed E-state index contributed by atoms with van der Waals surface area (Å²) in [6.07, 6.45) is 1.74. The molecular formula is C19H17N5O2S. The quantitative estimate of drug-likeness (QED) is 0.384. The van der Waals surface area contributed by atoms with Crippen LogP contribution in [0.1, 0.15) is 0 Å². The highest BCUT2D eigenvalue weighted by atomic mass is 32.1. The van der Waals surface area contributed by atoms with Gasteiger partial charge in [-0.2, -0.15) is 5.06 Å². The largest absolute Gasteiger partial charge is 0.409 e. The molecule has 0 bridgehead atoms. The zero-order valence-electron chi connectivity index (χ0n) is 14.9. The molecule has 0 amide bonds. The lowest BCUT2D eigenvalue weighted by Crippen LogP contribution is -2.21. The number of hydrogen-bond acceptors (Lipinski definition) is 7. The highest BCUT2D eigenvalue weighted by Crippen LogP contribution is 2.30. The molecule has 1 aromatic carbocycles. The Kier molecular flexibility index (Phi) is 4.76. The lowest BCUT2D eigenvalue weighted by Gasteiger charge is -2.11. The molecule has 136 valence electrons. The Morgan fingerprint density at radius 3 is 2.74 bits per heavy atom. The Balaban J connectivity index is 1.88. The van der Waals surface area contributed by atoms with Gasteiger partial charge in [0, 0.05) is 18.6 Å². The average molecular weight is 379 g/mol. The van der Waals surface area contributed by atoms with E-state index in [0.29, 0.717) is 12.6 Å². The van der Waals surface area contributed by atoms with Crippen LogP contribution in [0.3, 0.4) is 0 Å². The van der Waals surface area contributed by atoms with Gasteiger partial charge in [-0.1, -0.05) is 24.3 Å². The lowest BCUT2D eigenvalue weighted by atomic mass is 10.1. The monoisotopic (exact) mass is 379 g/mol. The van der Waals surface area contributed by atoms with E-state index in [-0.39, 0.29) is 4.84 Å². The van der Waals surface area contributed by atoms with Crippen molar-refractivity contribution in [2.75, 3.05) is 14.2 Å². The van der Waals surface area contributed by atoms with Gasteiger partial charge < -0.3 is 9.25 Å². The zero-order chi connectivity index (χ0) is 18.8. The van der Waals surface area contributed by atoms with Gasteiger partial charge in [-0.25, -0.2) is 9.67 Å². The van der Waals surface area contributed by atoms with Crippen molar-refractivity contribution in [2.24, 2.45) is 0 Å². The molecule has 0 N–H and O–H groups in total. The third-order valence-electron chi connectivity index (χ3n) is 4.12. The van der Waals surface area contributed by atoms with Crippen molar-refractivity contribution in [1.29, 1.82) is 0 Å². The minimum absolute atomic E-state index is 0.272. The molecule has 3 aromatic heterocycles. The van der Waals surface area contributed by atoms with Gasteiger partial charge in [0.15, 0.2) is 0 Å². The third kappa shape index (κ3) is 3.50. The molecule has 3 heterocycles. The van der Waals surface area contributed by atoms with E-state index in [1.54, 1.807) is 30.1 Å². The molecule has 8 heteroatoms. The van der Waals surface area contributed by atoms with Crippen LogP contribution in [0.4, 0.5) is 0 Å². The zero-order valence-corrected chi connectivity index (χ0v) is 15.7. The number of fused-ring (bicyclic) bond motifs is 1. The van der Waals surface area contributed by atoms with Gasteiger partial charge in [-0.05, 0) is 36.5 Å². The predicted octanol–water partition coefficient (Wildman–Crippen LogP) is 3.93. The fraction of sp³-hybridized carbons (Fsp3) is 0.158. The number of aromatic nitrogens is 4. The first-order chi connectivity index (χ1) is 13.2. The van der Waals surface area contributed by atoms with Gasteiger partial charge in [0.2, 0.25) is 5.89 Å². The van der Waals surface area contributed by atoms with Crippen LogP contribution in [-0.2, 0) is 11.5 Å². The highest BCUT2D eigenvalue weighted by molar-refractivity contribution is 7.71. The van der Waals surface area contributed by atoms with E-state index in [9.17, 15) is 0 Å². The minimum atomic E-state index is 0.272. The third-order valence-corrected chi connectivity index (χ3v) is 4.42. The normalized spacial score (nSPS) is 11.4. The van der Waals surface area contributed by atoms with Gasteiger partial charge in [-0.15, -0.1) is 5.10 Å². The van der Waals surface area contributed by atoms with Crippen molar-refractivity contribution in [2.45, 2.75) is 6.67 Å². The number of benzene rings is 1. The van der Waals surface area contributed by atoms with Crippen LogP contribution >= 0.6 is 12.2 Å². The maximum Gasteiger partial charge on any atom is 0.288 e. The molecule has 27 heavy (non-hydrogen) atoms. The van der Waals surface area contributed by atoms with Gasteiger partial charge in [0.25, 0.3) is 4.84 Å². The van der Waals surface area contributed by atoms with Crippen LogP contribution < -0.4 is 0 Å². The van der Waals surface area contributed by atoms with E-state index >= 15 is 0 Å². The molecule has 0 atom stereocenters. The van der Waals surface area contributed by atoms with Crippen molar-refractivity contribution < 1.29 is 9.25 Å². The molecule has 0 saturated heterocycles. The number of hydroxylamine groups is 2. The SMILES string of the molecule is CON(C)Cn1nc(-c2cc(-c3ccccn3)nc3ccccc23)oc1=S. The van der Waals surface area contributed by atoms with E-state index in [1.165, 1.54) is 0 Å². The van der Waals surface area contributed by atoms with Crippen LogP contribution in [0, 0.1) is 4.84 Å². The Morgan fingerprint density at radius 2 is 1.96 bits per heavy atom. The molecule has 0 spiro atoms. The smallest absolute Gasteiger partial charge is 0.288 e. The first-order valence-corrected chi connectivity index (χ1v) is 8.71. The predicted molar refractivity (Wildman–Crippen MR) is 104 cm³/mol. The maximum atomic E-state index is 5.78. The second kappa shape index (κ2) is 7.36. The summed E-state index contributed by atoms with van der Waals surface area (Å²) < 4.78 is 7.35. The molecule has 7 nitrogen and oxygen atoms in total. The number of nitrogens with zero attached hydrogens (tertiary/aromatic N) is 5. The summed E-state index contributed by atoms with van der Waals surface area (Å²) in [7, 11) is 3.37. The van der Waals surface area contributed by atoms with Crippen molar-refractivity contribution in [1.82, 2.24) is 24.8 Å². The van der Waals surface area contributed by atoms with Crippen LogP contribution in [-0.4, -0.2) is 39.0 Å². The molecule has 4 aromatic rings. The molecule has 0 radical (unpaired) electrons. The molecule has 4 rings (SSSR count). The van der Waals surface area contributed by atoms with Crippen LogP contribution in [0.5, 0.6) is 0 Å². The van der Waals surface area contributed by atoms with Gasteiger partial charge >= 0.3 is 0 Å². The van der Waals surface area contributed by atoms with Crippen molar-refractivity contribution in [3.05, 3.63) is 59.6 Å². The number of para-hydroxylation sites is 1. The Hall–Kier alpha value is -2.94. The van der Waals surface area contributed by atoms with Crippen molar-refractivity contribution in [3.8, 4) is 22.8 Å². The molecule has 0 saturated carbocycles. The van der Waals surface area contributed by atoms with Gasteiger partial charge in [-0.3, -0.25) is 4.98 Å².